The van der Waals surface area contributed by atoms with Gasteiger partial charge in [-0.05, 0) is 31.2 Å². The highest BCUT2D eigenvalue weighted by Gasteiger charge is 2.11. The Morgan fingerprint density at radius 3 is 2.84 bits per heavy atom. The summed E-state index contributed by atoms with van der Waals surface area (Å²) in [5, 5.41) is 9.79. The molecule has 4 heteroatoms. The molecule has 19 heavy (non-hydrogen) atoms. The highest BCUT2D eigenvalue weighted by atomic mass is 16.5. The molecule has 1 aromatic carbocycles. The van der Waals surface area contributed by atoms with E-state index in [1.54, 1.807) is 16.5 Å². The molecule has 0 spiro atoms. The Kier molecular flexibility index (Phi) is 2.83. The molecular formula is C15H14N2O2. The molecule has 0 amide bonds. The minimum Gasteiger partial charge on any atom is -0.504 e. The largest absolute Gasteiger partial charge is 0.504 e. The molecule has 0 bridgehead atoms. The average Bonchev–Trinajstić information content (AvgIpc) is 2.85. The van der Waals surface area contributed by atoms with Gasteiger partial charge in [0.15, 0.2) is 11.4 Å². The summed E-state index contributed by atoms with van der Waals surface area (Å²) in [5.41, 5.74) is 2.25. The molecule has 0 radical (unpaired) electrons. The number of imidazole rings is 1. The van der Waals surface area contributed by atoms with Crippen molar-refractivity contribution in [3.05, 3.63) is 48.8 Å². The molecule has 0 aliphatic carbocycles. The number of aromatic nitrogens is 2. The van der Waals surface area contributed by atoms with Crippen LogP contribution in [0.2, 0.25) is 0 Å². The SMILES string of the molecule is CCOc1ccccc1-c1cn2cccc(O)c2n1. The molecule has 1 N–H and O–H groups in total. The summed E-state index contributed by atoms with van der Waals surface area (Å²) in [6, 6.07) is 11.2. The second-order valence-corrected chi connectivity index (χ2v) is 4.18. The Labute approximate surface area is 110 Å². The maximum absolute atomic E-state index is 9.79. The number of hydrogen-bond acceptors (Lipinski definition) is 3. The molecule has 0 unspecified atom stereocenters. The fourth-order valence-electron chi connectivity index (χ4n) is 2.09. The van der Waals surface area contributed by atoms with Crippen molar-refractivity contribution in [1.82, 2.24) is 9.38 Å². The Balaban J connectivity index is 2.17. The predicted octanol–water partition coefficient (Wildman–Crippen LogP) is 3.11. The number of hydrogen-bond donors (Lipinski definition) is 1. The number of benzene rings is 1. The first-order valence-electron chi connectivity index (χ1n) is 6.18. The maximum atomic E-state index is 9.79. The van der Waals surface area contributed by atoms with Gasteiger partial charge in [0.05, 0.1) is 12.3 Å². The summed E-state index contributed by atoms with van der Waals surface area (Å²) in [6.07, 6.45) is 3.74. The summed E-state index contributed by atoms with van der Waals surface area (Å²) in [5.74, 6) is 0.968. The van der Waals surface area contributed by atoms with Gasteiger partial charge >= 0.3 is 0 Å². The van der Waals surface area contributed by atoms with Gasteiger partial charge in [-0.15, -0.1) is 0 Å². The zero-order valence-corrected chi connectivity index (χ0v) is 10.6. The van der Waals surface area contributed by atoms with E-state index < -0.39 is 0 Å². The number of ether oxygens (including phenoxy) is 1. The lowest BCUT2D eigenvalue weighted by atomic mass is 10.1. The molecule has 2 aromatic heterocycles. The van der Waals surface area contributed by atoms with Crippen molar-refractivity contribution in [3.8, 4) is 22.8 Å². The molecular weight excluding hydrogens is 240 g/mol. The monoisotopic (exact) mass is 254 g/mol. The third-order valence-corrected chi connectivity index (χ3v) is 2.93. The Hall–Kier alpha value is -2.49. The fourth-order valence-corrected chi connectivity index (χ4v) is 2.09. The maximum Gasteiger partial charge on any atom is 0.180 e. The van der Waals surface area contributed by atoms with Crippen LogP contribution in [-0.2, 0) is 0 Å². The van der Waals surface area contributed by atoms with Gasteiger partial charge in [0, 0.05) is 18.0 Å². The normalized spacial score (nSPS) is 10.8. The number of rotatable bonds is 3. The number of aromatic hydroxyl groups is 1. The Morgan fingerprint density at radius 1 is 1.21 bits per heavy atom. The molecule has 0 aliphatic heterocycles. The predicted molar refractivity (Wildman–Crippen MR) is 73.5 cm³/mol. The van der Waals surface area contributed by atoms with Crippen LogP contribution in [0, 0.1) is 0 Å². The third-order valence-electron chi connectivity index (χ3n) is 2.93. The van der Waals surface area contributed by atoms with Crippen LogP contribution in [0.25, 0.3) is 16.9 Å². The van der Waals surface area contributed by atoms with E-state index >= 15 is 0 Å². The standard InChI is InChI=1S/C15H14N2O2/c1-2-19-14-8-4-3-6-11(14)12-10-17-9-5-7-13(18)15(17)16-12/h3-10,18H,2H2,1H3. The van der Waals surface area contributed by atoms with Crippen LogP contribution in [-0.4, -0.2) is 21.1 Å². The van der Waals surface area contributed by atoms with Gasteiger partial charge in [0.2, 0.25) is 0 Å². The lowest BCUT2D eigenvalue weighted by Crippen LogP contribution is -1.93. The zero-order chi connectivity index (χ0) is 13.2. The third kappa shape index (κ3) is 2.01. The first-order chi connectivity index (χ1) is 9.29. The van der Waals surface area contributed by atoms with E-state index in [2.05, 4.69) is 4.98 Å². The van der Waals surface area contributed by atoms with Crippen molar-refractivity contribution in [2.75, 3.05) is 6.61 Å². The molecule has 0 fully saturated rings. The second kappa shape index (κ2) is 4.65. The summed E-state index contributed by atoms with van der Waals surface area (Å²) in [4.78, 5) is 4.46. The van der Waals surface area contributed by atoms with E-state index in [0.29, 0.717) is 12.3 Å². The number of para-hydroxylation sites is 1. The van der Waals surface area contributed by atoms with Gasteiger partial charge in [-0.2, -0.15) is 0 Å². The summed E-state index contributed by atoms with van der Waals surface area (Å²) in [7, 11) is 0. The van der Waals surface area contributed by atoms with E-state index in [0.717, 1.165) is 17.0 Å². The molecule has 0 saturated heterocycles. The van der Waals surface area contributed by atoms with E-state index in [4.69, 9.17) is 4.74 Å². The van der Waals surface area contributed by atoms with E-state index in [9.17, 15) is 5.11 Å². The van der Waals surface area contributed by atoms with Crippen LogP contribution < -0.4 is 4.74 Å². The zero-order valence-electron chi connectivity index (χ0n) is 10.6. The van der Waals surface area contributed by atoms with E-state index in [1.165, 1.54) is 0 Å². The minimum atomic E-state index is 0.169. The Morgan fingerprint density at radius 2 is 2.05 bits per heavy atom. The first kappa shape index (κ1) is 11.6. The number of fused-ring (bicyclic) bond motifs is 1. The van der Waals surface area contributed by atoms with Gasteiger partial charge in [-0.3, -0.25) is 0 Å². The van der Waals surface area contributed by atoms with Gasteiger partial charge < -0.3 is 14.2 Å². The van der Waals surface area contributed by atoms with Crippen molar-refractivity contribution in [3.63, 3.8) is 0 Å². The van der Waals surface area contributed by atoms with Gasteiger partial charge in [-0.1, -0.05) is 12.1 Å². The molecule has 0 saturated carbocycles. The molecule has 2 heterocycles. The van der Waals surface area contributed by atoms with Crippen molar-refractivity contribution in [1.29, 1.82) is 0 Å². The second-order valence-electron chi connectivity index (χ2n) is 4.18. The molecule has 0 atom stereocenters. The molecule has 3 rings (SSSR count). The first-order valence-corrected chi connectivity index (χ1v) is 6.18. The van der Waals surface area contributed by atoms with Crippen LogP contribution in [0.5, 0.6) is 11.5 Å². The van der Waals surface area contributed by atoms with Gasteiger partial charge in [0.25, 0.3) is 0 Å². The van der Waals surface area contributed by atoms with Gasteiger partial charge in [-0.25, -0.2) is 4.98 Å². The molecule has 0 aliphatic rings. The van der Waals surface area contributed by atoms with Crippen LogP contribution in [0.4, 0.5) is 0 Å². The van der Waals surface area contributed by atoms with Crippen LogP contribution >= 0.6 is 0 Å². The smallest absolute Gasteiger partial charge is 0.180 e. The lowest BCUT2D eigenvalue weighted by Gasteiger charge is -2.07. The van der Waals surface area contributed by atoms with Gasteiger partial charge in [0.1, 0.15) is 5.75 Å². The Bertz CT molecular complexity index is 719. The lowest BCUT2D eigenvalue weighted by molar-refractivity contribution is 0.341. The van der Waals surface area contributed by atoms with E-state index in [-0.39, 0.29) is 5.75 Å². The summed E-state index contributed by atoms with van der Waals surface area (Å²) >= 11 is 0. The van der Waals surface area contributed by atoms with Crippen molar-refractivity contribution < 1.29 is 9.84 Å². The minimum absolute atomic E-state index is 0.169. The molecule has 4 nitrogen and oxygen atoms in total. The number of pyridine rings is 1. The van der Waals surface area contributed by atoms with Crippen molar-refractivity contribution in [2.24, 2.45) is 0 Å². The summed E-state index contributed by atoms with van der Waals surface area (Å²) in [6.45, 7) is 2.56. The summed E-state index contributed by atoms with van der Waals surface area (Å²) < 4.78 is 7.40. The number of nitrogens with zero attached hydrogens (tertiary/aromatic N) is 2. The fraction of sp³-hybridized carbons (Fsp3) is 0.133. The quantitative estimate of drug-likeness (QED) is 0.781. The highest BCUT2D eigenvalue weighted by Crippen LogP contribution is 2.30. The van der Waals surface area contributed by atoms with E-state index in [1.807, 2.05) is 43.6 Å². The molecule has 96 valence electrons. The van der Waals surface area contributed by atoms with Crippen LogP contribution in [0.15, 0.2) is 48.8 Å². The van der Waals surface area contributed by atoms with Crippen molar-refractivity contribution in [2.45, 2.75) is 6.92 Å². The highest BCUT2D eigenvalue weighted by molar-refractivity contribution is 5.70. The topological polar surface area (TPSA) is 46.8 Å². The van der Waals surface area contributed by atoms with Crippen LogP contribution in [0.1, 0.15) is 6.92 Å². The van der Waals surface area contributed by atoms with Crippen molar-refractivity contribution >= 4 is 5.65 Å². The van der Waals surface area contributed by atoms with Crippen LogP contribution in [0.3, 0.4) is 0 Å². The molecule has 3 aromatic rings. The average molecular weight is 254 g/mol.